The highest BCUT2D eigenvalue weighted by Gasteiger charge is 2.15. The molecule has 0 saturated carbocycles. The van der Waals surface area contributed by atoms with Gasteiger partial charge in [0.15, 0.2) is 5.89 Å². The zero-order valence-electron chi connectivity index (χ0n) is 9.25. The van der Waals surface area contributed by atoms with Gasteiger partial charge in [0.25, 0.3) is 0 Å². The van der Waals surface area contributed by atoms with Crippen LogP contribution in [-0.2, 0) is 13.0 Å². The summed E-state index contributed by atoms with van der Waals surface area (Å²) in [6, 6.07) is 0.555. The number of aromatic nitrogens is 1. The van der Waals surface area contributed by atoms with Gasteiger partial charge in [0, 0.05) is 19.0 Å². The zero-order chi connectivity index (χ0) is 10.5. The van der Waals surface area contributed by atoms with Gasteiger partial charge < -0.3 is 15.1 Å². The molecule has 1 aromatic heterocycles. The largest absolute Gasteiger partial charge is 0.449 e. The first-order valence-electron chi connectivity index (χ1n) is 5.70. The molecule has 0 bridgehead atoms. The van der Waals surface area contributed by atoms with E-state index in [4.69, 9.17) is 4.42 Å². The fourth-order valence-corrected chi connectivity index (χ4v) is 2.01. The van der Waals surface area contributed by atoms with Crippen molar-refractivity contribution in [1.82, 2.24) is 15.6 Å². The SMILES string of the molecule is CNCc1coc(CC2CCCCN2)n1. The van der Waals surface area contributed by atoms with Gasteiger partial charge in [0.05, 0.1) is 5.69 Å². The van der Waals surface area contributed by atoms with E-state index in [0.29, 0.717) is 6.04 Å². The topological polar surface area (TPSA) is 50.1 Å². The zero-order valence-corrected chi connectivity index (χ0v) is 9.25. The van der Waals surface area contributed by atoms with E-state index in [-0.39, 0.29) is 0 Å². The summed E-state index contributed by atoms with van der Waals surface area (Å²) in [6.07, 6.45) is 6.52. The Balaban J connectivity index is 1.86. The molecule has 1 fully saturated rings. The van der Waals surface area contributed by atoms with Gasteiger partial charge in [-0.05, 0) is 26.4 Å². The normalized spacial score (nSPS) is 21.8. The van der Waals surface area contributed by atoms with Crippen molar-refractivity contribution >= 4 is 0 Å². The van der Waals surface area contributed by atoms with Crippen LogP contribution in [0.2, 0.25) is 0 Å². The Morgan fingerprint density at radius 2 is 2.53 bits per heavy atom. The summed E-state index contributed by atoms with van der Waals surface area (Å²) in [5, 5.41) is 6.56. The summed E-state index contributed by atoms with van der Waals surface area (Å²) < 4.78 is 5.43. The maximum atomic E-state index is 5.43. The summed E-state index contributed by atoms with van der Waals surface area (Å²) in [4.78, 5) is 4.42. The van der Waals surface area contributed by atoms with Gasteiger partial charge in [-0.2, -0.15) is 0 Å². The van der Waals surface area contributed by atoms with Crippen molar-refractivity contribution in [3.05, 3.63) is 17.8 Å². The van der Waals surface area contributed by atoms with Crippen molar-refractivity contribution in [2.45, 2.75) is 38.3 Å². The van der Waals surface area contributed by atoms with Crippen LogP contribution < -0.4 is 10.6 Å². The number of rotatable bonds is 4. The van der Waals surface area contributed by atoms with Crippen molar-refractivity contribution in [2.75, 3.05) is 13.6 Å². The van der Waals surface area contributed by atoms with E-state index >= 15 is 0 Å². The smallest absolute Gasteiger partial charge is 0.195 e. The van der Waals surface area contributed by atoms with E-state index < -0.39 is 0 Å². The van der Waals surface area contributed by atoms with Crippen LogP contribution in [0.3, 0.4) is 0 Å². The van der Waals surface area contributed by atoms with Gasteiger partial charge in [-0.1, -0.05) is 6.42 Å². The standard InChI is InChI=1S/C11H19N3O/c1-12-7-10-8-15-11(14-10)6-9-4-2-3-5-13-9/h8-9,12-13H,2-7H2,1H3. The number of piperidine rings is 1. The Hall–Kier alpha value is -0.870. The van der Waals surface area contributed by atoms with Crippen LogP contribution in [0.4, 0.5) is 0 Å². The minimum absolute atomic E-state index is 0.555. The van der Waals surface area contributed by atoms with Crippen molar-refractivity contribution in [3.63, 3.8) is 0 Å². The molecule has 1 atom stereocenters. The summed E-state index contributed by atoms with van der Waals surface area (Å²) in [7, 11) is 1.91. The lowest BCUT2D eigenvalue weighted by Gasteiger charge is -2.21. The van der Waals surface area contributed by atoms with E-state index in [0.717, 1.165) is 31.1 Å². The molecule has 1 unspecified atom stereocenters. The van der Waals surface area contributed by atoms with Crippen molar-refractivity contribution in [2.24, 2.45) is 0 Å². The van der Waals surface area contributed by atoms with E-state index in [1.165, 1.54) is 19.3 Å². The molecule has 4 nitrogen and oxygen atoms in total. The third kappa shape index (κ3) is 3.04. The third-order valence-corrected chi connectivity index (χ3v) is 2.79. The number of hydrogen-bond acceptors (Lipinski definition) is 4. The highest BCUT2D eigenvalue weighted by molar-refractivity contribution is 4.97. The molecule has 0 radical (unpaired) electrons. The summed E-state index contributed by atoms with van der Waals surface area (Å²) >= 11 is 0. The molecule has 1 aromatic rings. The second-order valence-corrected chi connectivity index (χ2v) is 4.11. The minimum atomic E-state index is 0.555. The summed E-state index contributed by atoms with van der Waals surface area (Å²) in [6.45, 7) is 1.91. The second kappa shape index (κ2) is 5.28. The molecule has 1 aliphatic rings. The van der Waals surface area contributed by atoms with Crippen molar-refractivity contribution < 1.29 is 4.42 Å². The van der Waals surface area contributed by atoms with Crippen LogP contribution in [0.1, 0.15) is 30.8 Å². The van der Waals surface area contributed by atoms with Gasteiger partial charge in [-0.3, -0.25) is 0 Å². The molecule has 2 heterocycles. The highest BCUT2D eigenvalue weighted by Crippen LogP contribution is 2.12. The first-order chi connectivity index (χ1) is 7.38. The van der Waals surface area contributed by atoms with E-state index in [9.17, 15) is 0 Å². The quantitative estimate of drug-likeness (QED) is 0.779. The number of hydrogen-bond donors (Lipinski definition) is 2. The molecule has 4 heteroatoms. The van der Waals surface area contributed by atoms with Gasteiger partial charge in [-0.25, -0.2) is 4.98 Å². The van der Waals surface area contributed by atoms with Crippen LogP contribution >= 0.6 is 0 Å². The lowest BCUT2D eigenvalue weighted by Crippen LogP contribution is -2.35. The van der Waals surface area contributed by atoms with Crippen LogP contribution in [0, 0.1) is 0 Å². The van der Waals surface area contributed by atoms with E-state index in [1.807, 2.05) is 7.05 Å². The minimum Gasteiger partial charge on any atom is -0.449 e. The van der Waals surface area contributed by atoms with Crippen molar-refractivity contribution in [3.8, 4) is 0 Å². The highest BCUT2D eigenvalue weighted by atomic mass is 16.3. The molecule has 0 aliphatic carbocycles. The Bertz CT molecular complexity index is 292. The summed E-state index contributed by atoms with van der Waals surface area (Å²) in [5.41, 5.74) is 0.989. The molecule has 0 amide bonds. The van der Waals surface area contributed by atoms with Crippen LogP contribution in [-0.4, -0.2) is 24.6 Å². The van der Waals surface area contributed by atoms with Crippen LogP contribution in [0.5, 0.6) is 0 Å². The monoisotopic (exact) mass is 209 g/mol. The Morgan fingerprint density at radius 1 is 1.60 bits per heavy atom. The first kappa shape index (κ1) is 10.6. The predicted molar refractivity (Wildman–Crippen MR) is 58.6 cm³/mol. The maximum absolute atomic E-state index is 5.43. The Labute approximate surface area is 90.5 Å². The maximum Gasteiger partial charge on any atom is 0.195 e. The van der Waals surface area contributed by atoms with Crippen LogP contribution in [0.15, 0.2) is 10.7 Å². The van der Waals surface area contributed by atoms with Gasteiger partial charge in [0.2, 0.25) is 0 Å². The number of nitrogens with zero attached hydrogens (tertiary/aromatic N) is 1. The van der Waals surface area contributed by atoms with Crippen molar-refractivity contribution in [1.29, 1.82) is 0 Å². The molecule has 2 N–H and O–H groups in total. The number of nitrogens with one attached hydrogen (secondary N) is 2. The molecule has 0 aromatic carbocycles. The molecule has 2 rings (SSSR count). The first-order valence-corrected chi connectivity index (χ1v) is 5.70. The lowest BCUT2D eigenvalue weighted by atomic mass is 10.0. The Kier molecular flexibility index (Phi) is 3.75. The molecular formula is C11H19N3O. The molecule has 15 heavy (non-hydrogen) atoms. The fraction of sp³-hybridized carbons (Fsp3) is 0.727. The van der Waals surface area contributed by atoms with Gasteiger partial charge >= 0.3 is 0 Å². The fourth-order valence-electron chi connectivity index (χ4n) is 2.01. The average Bonchev–Trinajstić information content (AvgIpc) is 2.68. The molecular weight excluding hydrogens is 190 g/mol. The molecule has 0 spiro atoms. The van der Waals surface area contributed by atoms with E-state index in [2.05, 4.69) is 15.6 Å². The molecule has 1 saturated heterocycles. The lowest BCUT2D eigenvalue weighted by molar-refractivity contribution is 0.367. The van der Waals surface area contributed by atoms with Crippen LogP contribution in [0.25, 0.3) is 0 Å². The average molecular weight is 209 g/mol. The third-order valence-electron chi connectivity index (χ3n) is 2.79. The van der Waals surface area contributed by atoms with Gasteiger partial charge in [0.1, 0.15) is 6.26 Å². The predicted octanol–water partition coefficient (Wildman–Crippen LogP) is 1.08. The molecule has 84 valence electrons. The van der Waals surface area contributed by atoms with E-state index in [1.54, 1.807) is 6.26 Å². The number of oxazole rings is 1. The summed E-state index contributed by atoms with van der Waals surface area (Å²) in [5.74, 6) is 0.861. The Morgan fingerprint density at radius 3 is 3.27 bits per heavy atom. The molecule has 1 aliphatic heterocycles. The second-order valence-electron chi connectivity index (χ2n) is 4.11. The van der Waals surface area contributed by atoms with Gasteiger partial charge in [-0.15, -0.1) is 0 Å².